The van der Waals surface area contributed by atoms with Crippen LogP contribution >= 0.6 is 31.9 Å². The molecule has 2 aromatic rings. The van der Waals surface area contributed by atoms with Crippen molar-refractivity contribution >= 4 is 37.6 Å². The van der Waals surface area contributed by atoms with Crippen molar-refractivity contribution in [3.05, 3.63) is 50.5 Å². The van der Waals surface area contributed by atoms with E-state index in [-0.39, 0.29) is 29.7 Å². The fourth-order valence-electron chi connectivity index (χ4n) is 1.93. The minimum absolute atomic E-state index is 0.0556. The molecular weight excluding hydrogens is 449 g/mol. The van der Waals surface area contributed by atoms with Gasteiger partial charge in [-0.1, -0.05) is 15.9 Å². The molecule has 0 aliphatic carbocycles. The Balaban J connectivity index is 2.37. The molecule has 0 fully saturated rings. The number of ether oxygens (including phenoxy) is 3. The number of Topliss-reactive ketones (excluding diaryl/α,β-unsaturated/α-hetero) is 1. The van der Waals surface area contributed by atoms with Gasteiger partial charge in [-0.3, -0.25) is 4.79 Å². The number of methoxy groups -OCH3 is 2. The third-order valence-corrected chi connectivity index (χ3v) is 4.23. The topological polar surface area (TPSA) is 57.7 Å². The Bertz CT molecular complexity index is 742. The third kappa shape index (κ3) is 4.31. The van der Waals surface area contributed by atoms with Gasteiger partial charge in [0.1, 0.15) is 11.4 Å². The lowest BCUT2D eigenvalue weighted by Gasteiger charge is -2.14. The predicted octanol–water partition coefficient (Wildman–Crippen LogP) is 4.49. The van der Waals surface area contributed by atoms with Crippen LogP contribution in [0.2, 0.25) is 0 Å². The molecule has 0 aliphatic rings. The molecule has 0 aliphatic heterocycles. The van der Waals surface area contributed by atoms with Gasteiger partial charge < -0.3 is 14.2 Å². The van der Waals surface area contributed by atoms with Crippen molar-refractivity contribution in [3.8, 4) is 11.6 Å². The molecule has 0 bridgehead atoms. The fraction of sp³-hybridized carbons (Fsp3) is 0.250. The molecular formula is C16H14Br2FNO4. The standard InChI is InChI=1S/C16H14Br2FNO4/c1-22-8-24-12-7-9(17)3-4-10(12)16(21)14(19)15-11(18)5-6-13(20-15)23-2/h3-7,14H,8H2,1-2H3. The normalized spacial score (nSPS) is 11.9. The zero-order valence-electron chi connectivity index (χ0n) is 12.9. The first-order valence-corrected chi connectivity index (χ1v) is 8.36. The van der Waals surface area contributed by atoms with Crippen molar-refractivity contribution < 1.29 is 23.4 Å². The average Bonchev–Trinajstić information content (AvgIpc) is 2.59. The van der Waals surface area contributed by atoms with E-state index in [0.717, 1.165) is 0 Å². The number of ketones is 1. The second-order valence-corrected chi connectivity index (χ2v) is 6.41. The minimum atomic E-state index is -1.97. The van der Waals surface area contributed by atoms with Crippen LogP contribution in [-0.4, -0.2) is 31.8 Å². The molecule has 0 spiro atoms. The van der Waals surface area contributed by atoms with Crippen LogP contribution in [0.4, 0.5) is 4.39 Å². The van der Waals surface area contributed by atoms with Crippen molar-refractivity contribution in [1.82, 2.24) is 4.98 Å². The lowest BCUT2D eigenvalue weighted by Crippen LogP contribution is -2.13. The summed E-state index contributed by atoms with van der Waals surface area (Å²) < 4.78 is 31.0. The highest BCUT2D eigenvalue weighted by Crippen LogP contribution is 2.33. The molecule has 8 heteroatoms. The van der Waals surface area contributed by atoms with Crippen LogP contribution in [0.25, 0.3) is 0 Å². The van der Waals surface area contributed by atoms with Crippen LogP contribution in [0.15, 0.2) is 39.3 Å². The molecule has 5 nitrogen and oxygen atoms in total. The fourth-order valence-corrected chi connectivity index (χ4v) is 2.69. The molecule has 24 heavy (non-hydrogen) atoms. The number of pyridine rings is 1. The summed E-state index contributed by atoms with van der Waals surface area (Å²) in [4.78, 5) is 16.6. The number of hydrogen-bond donors (Lipinski definition) is 0. The van der Waals surface area contributed by atoms with Crippen LogP contribution in [0.5, 0.6) is 11.6 Å². The number of nitrogens with zero attached hydrogens (tertiary/aromatic N) is 1. The van der Waals surface area contributed by atoms with Gasteiger partial charge in [0.15, 0.2) is 6.79 Å². The Labute approximate surface area is 155 Å². The van der Waals surface area contributed by atoms with Crippen molar-refractivity contribution in [2.45, 2.75) is 6.17 Å². The smallest absolute Gasteiger partial charge is 0.213 e. The number of carbonyl (C=O) groups excluding carboxylic acids is 1. The van der Waals surface area contributed by atoms with E-state index in [9.17, 15) is 9.18 Å². The number of carbonyl (C=O) groups is 1. The summed E-state index contributed by atoms with van der Waals surface area (Å²) in [5.41, 5.74) is 0.0410. The maximum Gasteiger partial charge on any atom is 0.213 e. The highest BCUT2D eigenvalue weighted by Gasteiger charge is 2.28. The lowest BCUT2D eigenvalue weighted by molar-refractivity contribution is 0.0497. The largest absolute Gasteiger partial charge is 0.481 e. The van der Waals surface area contributed by atoms with Gasteiger partial charge in [0.05, 0.1) is 12.7 Å². The number of rotatable bonds is 7. The SMILES string of the molecule is COCOc1cc(Br)ccc1C(=O)C(F)c1nc(OC)ccc1Br. The molecule has 1 aromatic carbocycles. The Hall–Kier alpha value is -1.51. The maximum absolute atomic E-state index is 14.8. The molecule has 1 aromatic heterocycles. The Kier molecular flexibility index (Phi) is 6.70. The number of hydrogen-bond acceptors (Lipinski definition) is 5. The number of alkyl halides is 1. The Morgan fingerprint density at radius 1 is 1.25 bits per heavy atom. The predicted molar refractivity (Wildman–Crippen MR) is 93.3 cm³/mol. The lowest BCUT2D eigenvalue weighted by atomic mass is 10.0. The molecule has 1 atom stereocenters. The summed E-state index contributed by atoms with van der Waals surface area (Å²) in [6.07, 6.45) is -1.97. The first-order chi connectivity index (χ1) is 11.5. The van der Waals surface area contributed by atoms with E-state index >= 15 is 0 Å². The molecule has 2 rings (SSSR count). The first kappa shape index (κ1) is 18.8. The first-order valence-electron chi connectivity index (χ1n) is 6.78. The Morgan fingerprint density at radius 3 is 2.67 bits per heavy atom. The number of halogens is 3. The van der Waals surface area contributed by atoms with Crippen LogP contribution in [0.3, 0.4) is 0 Å². The van der Waals surface area contributed by atoms with Crippen LogP contribution in [0.1, 0.15) is 22.2 Å². The molecule has 128 valence electrons. The second-order valence-electron chi connectivity index (χ2n) is 4.64. The molecule has 0 saturated carbocycles. The third-order valence-electron chi connectivity index (χ3n) is 3.07. The summed E-state index contributed by atoms with van der Waals surface area (Å²) in [5, 5.41) is 0. The number of benzene rings is 1. The van der Waals surface area contributed by atoms with E-state index in [2.05, 4.69) is 36.8 Å². The van der Waals surface area contributed by atoms with Gasteiger partial charge in [0.2, 0.25) is 17.8 Å². The van der Waals surface area contributed by atoms with E-state index in [1.807, 2.05) is 0 Å². The van der Waals surface area contributed by atoms with Gasteiger partial charge in [-0.2, -0.15) is 0 Å². The summed E-state index contributed by atoms with van der Waals surface area (Å²) in [7, 11) is 2.87. The van der Waals surface area contributed by atoms with Gasteiger partial charge in [0, 0.05) is 22.1 Å². The summed E-state index contributed by atoms with van der Waals surface area (Å²) in [5.74, 6) is -0.330. The van der Waals surface area contributed by atoms with E-state index in [4.69, 9.17) is 14.2 Å². The minimum Gasteiger partial charge on any atom is -0.481 e. The van der Waals surface area contributed by atoms with Gasteiger partial charge in [-0.25, -0.2) is 9.37 Å². The molecule has 0 saturated heterocycles. The van der Waals surface area contributed by atoms with Crippen molar-refractivity contribution in [2.24, 2.45) is 0 Å². The summed E-state index contributed by atoms with van der Waals surface area (Å²) >= 11 is 6.49. The quantitative estimate of drug-likeness (QED) is 0.448. The molecule has 0 radical (unpaired) electrons. The average molecular weight is 463 g/mol. The molecule has 0 N–H and O–H groups in total. The Morgan fingerprint density at radius 2 is 2.00 bits per heavy atom. The van der Waals surface area contributed by atoms with Gasteiger partial charge >= 0.3 is 0 Å². The van der Waals surface area contributed by atoms with Crippen molar-refractivity contribution in [1.29, 1.82) is 0 Å². The van der Waals surface area contributed by atoms with Gasteiger partial charge in [0.25, 0.3) is 0 Å². The van der Waals surface area contributed by atoms with Crippen molar-refractivity contribution in [3.63, 3.8) is 0 Å². The zero-order valence-corrected chi connectivity index (χ0v) is 16.1. The van der Waals surface area contributed by atoms with Crippen molar-refractivity contribution in [2.75, 3.05) is 21.0 Å². The van der Waals surface area contributed by atoms with Crippen LogP contribution < -0.4 is 9.47 Å². The second kappa shape index (κ2) is 8.55. The van der Waals surface area contributed by atoms with E-state index in [0.29, 0.717) is 8.95 Å². The maximum atomic E-state index is 14.8. The van der Waals surface area contributed by atoms with Gasteiger partial charge in [-0.15, -0.1) is 0 Å². The molecule has 1 heterocycles. The van der Waals surface area contributed by atoms with Gasteiger partial charge in [-0.05, 0) is 40.2 Å². The number of aromatic nitrogens is 1. The van der Waals surface area contributed by atoms with E-state index < -0.39 is 12.0 Å². The zero-order chi connectivity index (χ0) is 17.7. The summed E-state index contributed by atoms with van der Waals surface area (Å²) in [6, 6.07) is 7.83. The monoisotopic (exact) mass is 461 g/mol. The van der Waals surface area contributed by atoms with E-state index in [1.54, 1.807) is 24.3 Å². The molecule has 0 amide bonds. The summed E-state index contributed by atoms with van der Waals surface area (Å²) in [6.45, 7) is -0.0607. The highest BCUT2D eigenvalue weighted by molar-refractivity contribution is 9.10. The van der Waals surface area contributed by atoms with Crippen LogP contribution in [-0.2, 0) is 4.74 Å². The molecule has 1 unspecified atom stereocenters. The van der Waals surface area contributed by atoms with E-state index in [1.165, 1.54) is 20.3 Å². The van der Waals surface area contributed by atoms with Crippen LogP contribution in [0, 0.1) is 0 Å². The highest BCUT2D eigenvalue weighted by atomic mass is 79.9.